The van der Waals surface area contributed by atoms with Gasteiger partial charge in [-0.05, 0) is 28.1 Å². The highest BCUT2D eigenvalue weighted by atomic mass is 79.9. The van der Waals surface area contributed by atoms with Gasteiger partial charge >= 0.3 is 5.69 Å². The van der Waals surface area contributed by atoms with Crippen LogP contribution < -0.4 is 4.74 Å². The van der Waals surface area contributed by atoms with Gasteiger partial charge in [-0.25, -0.2) is 4.39 Å². The lowest BCUT2D eigenvalue weighted by Gasteiger charge is -2.11. The monoisotopic (exact) mass is 437 g/mol. The zero-order chi connectivity index (χ0) is 15.6. The van der Waals surface area contributed by atoms with Crippen molar-refractivity contribution in [2.75, 3.05) is 0 Å². The number of nitro groups is 1. The fraction of sp³-hybridized carbons (Fsp3) is 0.0769. The normalized spacial score (nSPS) is 10.5. The Balaban J connectivity index is 2.51. The van der Waals surface area contributed by atoms with E-state index in [-0.39, 0.29) is 15.9 Å². The second-order valence-corrected chi connectivity index (χ2v) is 5.77. The van der Waals surface area contributed by atoms with Gasteiger partial charge in [0.1, 0.15) is 11.6 Å². The maximum Gasteiger partial charge on any atom is 0.312 e. The minimum Gasteiger partial charge on any atom is -0.450 e. The molecule has 0 amide bonds. The van der Waals surface area contributed by atoms with Gasteiger partial charge in [0.2, 0.25) is 5.75 Å². The van der Waals surface area contributed by atoms with Gasteiger partial charge in [0.05, 0.1) is 9.40 Å². The molecule has 0 atom stereocenters. The minimum atomic E-state index is -0.655. The molecule has 0 aliphatic carbocycles. The van der Waals surface area contributed by atoms with Gasteiger partial charge in [0, 0.05) is 28.0 Å². The smallest absolute Gasteiger partial charge is 0.312 e. The molecular weight excluding hydrogens is 432 g/mol. The summed E-state index contributed by atoms with van der Waals surface area (Å²) < 4.78 is 19.1. The Labute approximate surface area is 141 Å². The van der Waals surface area contributed by atoms with Crippen molar-refractivity contribution in [2.45, 2.75) is 5.33 Å². The van der Waals surface area contributed by atoms with E-state index in [0.29, 0.717) is 21.7 Å². The van der Waals surface area contributed by atoms with Crippen molar-refractivity contribution in [3.8, 4) is 11.5 Å². The van der Waals surface area contributed by atoms with Crippen LogP contribution in [0.1, 0.15) is 5.56 Å². The van der Waals surface area contributed by atoms with E-state index >= 15 is 0 Å². The number of hydrogen-bond acceptors (Lipinski definition) is 3. The zero-order valence-corrected chi connectivity index (χ0v) is 14.2. The van der Waals surface area contributed by atoms with Crippen LogP contribution in [-0.2, 0) is 5.33 Å². The molecule has 2 aromatic carbocycles. The first-order chi connectivity index (χ1) is 9.93. The highest BCUT2D eigenvalue weighted by molar-refractivity contribution is 9.10. The van der Waals surface area contributed by atoms with Gasteiger partial charge in [-0.15, -0.1) is 0 Å². The van der Waals surface area contributed by atoms with Crippen molar-refractivity contribution >= 4 is 49.1 Å². The molecule has 0 heterocycles. The number of benzene rings is 2. The summed E-state index contributed by atoms with van der Waals surface area (Å²) in [6, 6.07) is 6.93. The molecule has 2 aromatic rings. The van der Waals surface area contributed by atoms with E-state index in [0.717, 1.165) is 12.1 Å². The van der Waals surface area contributed by atoms with Crippen LogP contribution in [0, 0.1) is 15.9 Å². The zero-order valence-electron chi connectivity index (χ0n) is 10.3. The maximum absolute atomic E-state index is 13.6. The highest BCUT2D eigenvalue weighted by Crippen LogP contribution is 2.38. The lowest BCUT2D eigenvalue weighted by Crippen LogP contribution is -1.97. The lowest BCUT2D eigenvalue weighted by atomic mass is 10.2. The van der Waals surface area contributed by atoms with Crippen molar-refractivity contribution in [3.05, 3.63) is 61.3 Å². The van der Waals surface area contributed by atoms with Crippen LogP contribution in [0.4, 0.5) is 10.1 Å². The van der Waals surface area contributed by atoms with Crippen LogP contribution in [0.3, 0.4) is 0 Å². The highest BCUT2D eigenvalue weighted by Gasteiger charge is 2.21. The topological polar surface area (TPSA) is 52.4 Å². The van der Waals surface area contributed by atoms with E-state index in [4.69, 9.17) is 16.3 Å². The maximum atomic E-state index is 13.6. The minimum absolute atomic E-state index is 0.00615. The summed E-state index contributed by atoms with van der Waals surface area (Å²) in [5.41, 5.74) is 0.278. The predicted octanol–water partition coefficient (Wildman–Crippen LogP) is 5.84. The fourth-order valence-corrected chi connectivity index (χ4v) is 2.93. The number of rotatable bonds is 4. The summed E-state index contributed by atoms with van der Waals surface area (Å²) in [6.45, 7) is 0. The van der Waals surface area contributed by atoms with Gasteiger partial charge in [0.25, 0.3) is 0 Å². The van der Waals surface area contributed by atoms with Crippen LogP contribution in [0.15, 0.2) is 34.8 Å². The molecule has 0 saturated heterocycles. The second-order valence-electron chi connectivity index (χ2n) is 3.94. The van der Waals surface area contributed by atoms with E-state index in [9.17, 15) is 14.5 Å². The quantitative estimate of drug-likeness (QED) is 0.342. The first-order valence-electron chi connectivity index (χ1n) is 5.58. The van der Waals surface area contributed by atoms with Gasteiger partial charge in [-0.1, -0.05) is 33.6 Å². The molecule has 4 nitrogen and oxygen atoms in total. The number of nitro benzene ring substituents is 1. The Morgan fingerprint density at radius 1 is 1.33 bits per heavy atom. The first-order valence-corrected chi connectivity index (χ1v) is 7.88. The molecule has 0 radical (unpaired) electrons. The molecule has 21 heavy (non-hydrogen) atoms. The average Bonchev–Trinajstić information content (AvgIpc) is 2.42. The van der Waals surface area contributed by atoms with Crippen molar-refractivity contribution in [3.63, 3.8) is 0 Å². The van der Waals surface area contributed by atoms with Crippen molar-refractivity contribution in [1.82, 2.24) is 0 Å². The van der Waals surface area contributed by atoms with E-state index in [2.05, 4.69) is 31.9 Å². The van der Waals surface area contributed by atoms with Gasteiger partial charge < -0.3 is 4.74 Å². The van der Waals surface area contributed by atoms with Crippen LogP contribution in [0.25, 0.3) is 0 Å². The van der Waals surface area contributed by atoms with Gasteiger partial charge in [0.15, 0.2) is 0 Å². The summed E-state index contributed by atoms with van der Waals surface area (Å²) in [5.74, 6) is -0.521. The number of alkyl halides is 1. The summed E-state index contributed by atoms with van der Waals surface area (Å²) in [5, 5.41) is 11.9. The molecule has 110 valence electrons. The largest absolute Gasteiger partial charge is 0.450 e. The van der Waals surface area contributed by atoms with Crippen molar-refractivity contribution in [1.29, 1.82) is 0 Å². The van der Waals surface area contributed by atoms with Crippen molar-refractivity contribution in [2.24, 2.45) is 0 Å². The molecule has 0 bridgehead atoms. The molecule has 0 aliphatic rings. The Morgan fingerprint density at radius 2 is 2.05 bits per heavy atom. The van der Waals surface area contributed by atoms with E-state index < -0.39 is 10.7 Å². The Hall–Kier alpha value is -1.18. The molecule has 0 aliphatic heterocycles. The van der Waals surface area contributed by atoms with Crippen LogP contribution in [-0.4, -0.2) is 4.92 Å². The molecule has 0 saturated carbocycles. The van der Waals surface area contributed by atoms with Crippen LogP contribution >= 0.6 is 43.5 Å². The third-order valence-electron chi connectivity index (χ3n) is 2.63. The van der Waals surface area contributed by atoms with E-state index in [1.807, 2.05) is 0 Å². The molecule has 0 unspecified atom stereocenters. The Morgan fingerprint density at radius 3 is 2.67 bits per heavy atom. The summed E-state index contributed by atoms with van der Waals surface area (Å²) in [6.07, 6.45) is 0. The number of nitrogens with zero attached hydrogens (tertiary/aromatic N) is 1. The third kappa shape index (κ3) is 3.53. The first kappa shape index (κ1) is 16.2. The summed E-state index contributed by atoms with van der Waals surface area (Å²) in [7, 11) is 0. The fourth-order valence-electron chi connectivity index (χ4n) is 1.63. The standard InChI is InChI=1S/C13H7Br2ClFNO3/c14-6-7-9(16)2-1-3-12(7)21-13-5-10(17)8(15)4-11(13)18(19)20/h1-5H,6H2. The second kappa shape index (κ2) is 6.72. The summed E-state index contributed by atoms with van der Waals surface area (Å²) in [4.78, 5) is 10.4. The van der Waals surface area contributed by atoms with Gasteiger partial charge in [-0.2, -0.15) is 0 Å². The SMILES string of the molecule is O=[N+]([O-])c1cc(Br)c(F)cc1Oc1cccc(Cl)c1CBr. The molecular formula is C13H7Br2ClFNO3. The lowest BCUT2D eigenvalue weighted by molar-refractivity contribution is -0.385. The number of halogens is 4. The average molecular weight is 439 g/mol. The Kier molecular flexibility index (Phi) is 5.18. The van der Waals surface area contributed by atoms with Crippen LogP contribution in [0.5, 0.6) is 11.5 Å². The third-order valence-corrected chi connectivity index (χ3v) is 4.15. The van der Waals surface area contributed by atoms with Gasteiger partial charge in [-0.3, -0.25) is 10.1 Å². The number of hydrogen-bond donors (Lipinski definition) is 0. The molecule has 0 fully saturated rings. The number of ether oxygens (including phenoxy) is 1. The van der Waals surface area contributed by atoms with E-state index in [1.54, 1.807) is 18.2 Å². The molecule has 8 heteroatoms. The molecule has 0 aromatic heterocycles. The molecule has 2 rings (SSSR count). The predicted molar refractivity (Wildman–Crippen MR) is 84.9 cm³/mol. The van der Waals surface area contributed by atoms with Crippen molar-refractivity contribution < 1.29 is 14.1 Å². The summed E-state index contributed by atoms with van der Waals surface area (Å²) >= 11 is 12.2. The Bertz CT molecular complexity index is 712. The van der Waals surface area contributed by atoms with Crippen LogP contribution in [0.2, 0.25) is 5.02 Å². The molecule has 0 N–H and O–H groups in total. The molecule has 0 spiro atoms. The van der Waals surface area contributed by atoms with E-state index in [1.165, 1.54) is 0 Å².